The van der Waals surface area contributed by atoms with Crippen molar-refractivity contribution in [2.24, 2.45) is 5.41 Å². The number of hydrogen-bond donors (Lipinski definition) is 1. The van der Waals surface area contributed by atoms with Gasteiger partial charge in [0.25, 0.3) is 12.3 Å². The van der Waals surface area contributed by atoms with Crippen molar-refractivity contribution in [3.63, 3.8) is 0 Å². The number of hydrogen-bond acceptors (Lipinski definition) is 4. The lowest BCUT2D eigenvalue weighted by atomic mass is 9.82. The summed E-state index contributed by atoms with van der Waals surface area (Å²) in [4.78, 5) is 18.1. The predicted molar refractivity (Wildman–Crippen MR) is 76.1 cm³/mol. The van der Waals surface area contributed by atoms with Gasteiger partial charge in [-0.15, -0.1) is 0 Å². The number of amides is 1. The molecule has 1 aliphatic heterocycles. The van der Waals surface area contributed by atoms with Gasteiger partial charge < -0.3 is 14.7 Å². The fourth-order valence-corrected chi connectivity index (χ4v) is 2.60. The molecule has 1 N–H and O–H groups in total. The highest BCUT2D eigenvalue weighted by molar-refractivity contribution is 5.96. The molecule has 1 saturated heterocycles. The van der Waals surface area contributed by atoms with Gasteiger partial charge in [-0.25, -0.2) is 13.8 Å². The van der Waals surface area contributed by atoms with Crippen molar-refractivity contribution >= 4 is 5.91 Å². The topological polar surface area (TPSA) is 62.7 Å². The fourth-order valence-electron chi connectivity index (χ4n) is 2.60. The highest BCUT2D eigenvalue weighted by atomic mass is 19.3. The molecule has 122 valence electrons. The van der Waals surface area contributed by atoms with Crippen LogP contribution in [0, 0.1) is 5.41 Å². The Balaban J connectivity index is 2.15. The molecular formula is C15H20F2N2O3. The molecule has 1 fully saturated rings. The first-order chi connectivity index (χ1) is 10.4. The van der Waals surface area contributed by atoms with Crippen LogP contribution in [0.4, 0.5) is 8.78 Å². The summed E-state index contributed by atoms with van der Waals surface area (Å²) in [5, 5.41) is 9.46. The maximum absolute atomic E-state index is 12.6. The molecule has 0 spiro atoms. The van der Waals surface area contributed by atoms with E-state index in [1.54, 1.807) is 11.0 Å². The van der Waals surface area contributed by atoms with Crippen LogP contribution >= 0.6 is 0 Å². The van der Waals surface area contributed by atoms with Crippen molar-refractivity contribution in [3.8, 4) is 5.88 Å². The molecule has 1 amide bonds. The van der Waals surface area contributed by atoms with Crippen molar-refractivity contribution in [2.75, 3.05) is 26.3 Å². The van der Waals surface area contributed by atoms with E-state index in [9.17, 15) is 18.7 Å². The monoisotopic (exact) mass is 314 g/mol. The molecule has 0 aromatic carbocycles. The second-order valence-corrected chi connectivity index (χ2v) is 5.86. The zero-order valence-electron chi connectivity index (χ0n) is 12.5. The lowest BCUT2D eigenvalue weighted by molar-refractivity contribution is 0.0349. The third kappa shape index (κ3) is 3.91. The van der Waals surface area contributed by atoms with E-state index >= 15 is 0 Å². The highest BCUT2D eigenvalue weighted by Gasteiger charge is 2.33. The highest BCUT2D eigenvalue weighted by Crippen LogP contribution is 2.30. The van der Waals surface area contributed by atoms with Gasteiger partial charge in [0.15, 0.2) is 6.61 Å². The lowest BCUT2D eigenvalue weighted by Gasteiger charge is -2.39. The quantitative estimate of drug-likeness (QED) is 0.902. The molecule has 7 heteroatoms. The summed E-state index contributed by atoms with van der Waals surface area (Å²) in [5.41, 5.74) is -0.162. The first-order valence-electron chi connectivity index (χ1n) is 7.21. The van der Waals surface area contributed by atoms with Crippen LogP contribution in [0.2, 0.25) is 0 Å². The Morgan fingerprint density at radius 2 is 2.36 bits per heavy atom. The standard InChI is InChI=1S/C15H20F2N2O3/c1-15(10-20)5-3-7-19(9-15)14(21)11-4-2-6-18-13(11)22-8-12(16)17/h2,4,6,12,20H,3,5,7-10H2,1H3. The maximum Gasteiger partial charge on any atom is 0.272 e. The molecule has 0 saturated carbocycles. The van der Waals surface area contributed by atoms with Gasteiger partial charge in [0.05, 0.1) is 6.61 Å². The zero-order valence-corrected chi connectivity index (χ0v) is 12.5. The average molecular weight is 314 g/mol. The average Bonchev–Trinajstić information content (AvgIpc) is 2.52. The second-order valence-electron chi connectivity index (χ2n) is 5.86. The first-order valence-corrected chi connectivity index (χ1v) is 7.21. The van der Waals surface area contributed by atoms with Crippen LogP contribution < -0.4 is 4.74 Å². The van der Waals surface area contributed by atoms with Crippen molar-refractivity contribution in [2.45, 2.75) is 26.2 Å². The summed E-state index contributed by atoms with van der Waals surface area (Å²) < 4.78 is 29.5. The van der Waals surface area contributed by atoms with Gasteiger partial charge in [-0.2, -0.15) is 0 Å². The molecule has 22 heavy (non-hydrogen) atoms. The molecule has 1 aromatic heterocycles. The molecule has 0 bridgehead atoms. The Hall–Kier alpha value is -1.76. The Morgan fingerprint density at radius 1 is 1.59 bits per heavy atom. The van der Waals surface area contributed by atoms with E-state index in [2.05, 4.69) is 4.98 Å². The van der Waals surface area contributed by atoms with E-state index in [-0.39, 0.29) is 29.4 Å². The Bertz CT molecular complexity index is 527. The van der Waals surface area contributed by atoms with Crippen molar-refractivity contribution in [1.82, 2.24) is 9.88 Å². The fraction of sp³-hybridized carbons (Fsp3) is 0.600. The van der Waals surface area contributed by atoms with E-state index in [1.165, 1.54) is 12.3 Å². The maximum atomic E-state index is 12.6. The number of likely N-dealkylation sites (tertiary alicyclic amines) is 1. The normalized spacial score (nSPS) is 22.0. The zero-order chi connectivity index (χ0) is 16.2. The Morgan fingerprint density at radius 3 is 3.05 bits per heavy atom. The van der Waals surface area contributed by atoms with E-state index in [0.29, 0.717) is 13.1 Å². The molecular weight excluding hydrogens is 294 g/mol. The number of ether oxygens (including phenoxy) is 1. The van der Waals surface area contributed by atoms with Crippen molar-refractivity contribution in [3.05, 3.63) is 23.9 Å². The second kappa shape index (κ2) is 7.00. The lowest BCUT2D eigenvalue weighted by Crippen LogP contribution is -2.46. The molecule has 2 rings (SSSR count). The molecule has 1 atom stereocenters. The number of rotatable bonds is 5. The van der Waals surface area contributed by atoms with Crippen LogP contribution in [-0.2, 0) is 0 Å². The Kier molecular flexibility index (Phi) is 5.28. The van der Waals surface area contributed by atoms with Crippen LogP contribution in [0.5, 0.6) is 5.88 Å². The first kappa shape index (κ1) is 16.6. The van der Waals surface area contributed by atoms with E-state index in [4.69, 9.17) is 4.74 Å². The third-order valence-corrected chi connectivity index (χ3v) is 3.80. The van der Waals surface area contributed by atoms with Crippen molar-refractivity contribution < 1.29 is 23.4 Å². The van der Waals surface area contributed by atoms with Gasteiger partial charge in [-0.1, -0.05) is 6.92 Å². The number of carbonyl (C=O) groups excluding carboxylic acids is 1. The summed E-state index contributed by atoms with van der Waals surface area (Å²) in [6.07, 6.45) is 0.398. The molecule has 1 aliphatic rings. The molecule has 0 radical (unpaired) electrons. The number of carbonyl (C=O) groups is 1. The van der Waals surface area contributed by atoms with Gasteiger partial charge in [-0.3, -0.25) is 4.79 Å². The minimum absolute atomic E-state index is 0.00143. The SMILES string of the molecule is CC1(CO)CCCN(C(=O)c2cccnc2OCC(F)F)C1. The number of pyridine rings is 1. The molecule has 1 aromatic rings. The minimum atomic E-state index is -2.63. The molecule has 5 nitrogen and oxygen atoms in total. The molecule has 2 heterocycles. The van der Waals surface area contributed by atoms with Crippen LogP contribution in [0.15, 0.2) is 18.3 Å². The summed E-state index contributed by atoms with van der Waals surface area (Å²) in [5.74, 6) is -0.388. The number of alkyl halides is 2. The molecule has 0 aliphatic carbocycles. The van der Waals surface area contributed by atoms with Crippen LogP contribution in [0.3, 0.4) is 0 Å². The third-order valence-electron chi connectivity index (χ3n) is 3.80. The van der Waals surface area contributed by atoms with Gasteiger partial charge >= 0.3 is 0 Å². The van der Waals surface area contributed by atoms with E-state index in [1.807, 2.05) is 6.92 Å². The van der Waals surface area contributed by atoms with Crippen LogP contribution in [-0.4, -0.2) is 53.6 Å². The van der Waals surface area contributed by atoms with Crippen molar-refractivity contribution in [1.29, 1.82) is 0 Å². The number of halogens is 2. The number of piperidine rings is 1. The number of aromatic nitrogens is 1. The number of nitrogens with zero attached hydrogens (tertiary/aromatic N) is 2. The largest absolute Gasteiger partial charge is 0.471 e. The predicted octanol–water partition coefficient (Wildman–Crippen LogP) is 1.96. The summed E-state index contributed by atoms with van der Waals surface area (Å²) >= 11 is 0. The van der Waals surface area contributed by atoms with Crippen LogP contribution in [0.25, 0.3) is 0 Å². The number of aliphatic hydroxyl groups excluding tert-OH is 1. The molecule has 1 unspecified atom stereocenters. The summed E-state index contributed by atoms with van der Waals surface area (Å²) in [7, 11) is 0. The summed E-state index contributed by atoms with van der Waals surface area (Å²) in [6, 6.07) is 3.08. The van der Waals surface area contributed by atoms with Crippen LogP contribution in [0.1, 0.15) is 30.1 Å². The minimum Gasteiger partial charge on any atom is -0.471 e. The Labute approximate surface area is 127 Å². The van der Waals surface area contributed by atoms with Gasteiger partial charge in [0.2, 0.25) is 5.88 Å². The number of aliphatic hydroxyl groups is 1. The summed E-state index contributed by atoms with van der Waals surface area (Å²) in [6.45, 7) is 2.11. The van der Waals surface area contributed by atoms with Gasteiger partial charge in [0, 0.05) is 24.7 Å². The van der Waals surface area contributed by atoms with Gasteiger partial charge in [0.1, 0.15) is 5.56 Å². The van der Waals surface area contributed by atoms with Gasteiger partial charge in [-0.05, 0) is 25.0 Å². The smallest absolute Gasteiger partial charge is 0.272 e. The van der Waals surface area contributed by atoms with E-state index in [0.717, 1.165) is 12.8 Å². The van der Waals surface area contributed by atoms with E-state index < -0.39 is 13.0 Å².